The van der Waals surface area contributed by atoms with E-state index < -0.39 is 5.97 Å². The number of carboxylic acids is 1. The number of tetrazole rings is 1. The molecule has 5 aromatic rings. The van der Waals surface area contributed by atoms with Gasteiger partial charge in [-0.2, -0.15) is 0 Å². The van der Waals surface area contributed by atoms with Crippen molar-refractivity contribution in [2.24, 2.45) is 0 Å². The summed E-state index contributed by atoms with van der Waals surface area (Å²) >= 11 is 9.89. The first kappa shape index (κ1) is 23.3. The number of unbranched alkanes of at least 4 members (excludes halogenated alkanes) is 1. The number of rotatable bonds is 8. The lowest BCUT2D eigenvalue weighted by Gasteiger charge is -2.10. The van der Waals surface area contributed by atoms with Gasteiger partial charge in [0.25, 0.3) is 0 Å². The van der Waals surface area contributed by atoms with E-state index >= 15 is 0 Å². The molecule has 0 aliphatic carbocycles. The van der Waals surface area contributed by atoms with E-state index in [4.69, 9.17) is 16.0 Å². The van der Waals surface area contributed by atoms with Gasteiger partial charge in [-0.25, -0.2) is 14.9 Å². The fraction of sp³-hybridized carbons (Fsp3) is 0.208. The first-order valence-corrected chi connectivity index (χ1v) is 12.2. The van der Waals surface area contributed by atoms with Gasteiger partial charge in [0.2, 0.25) is 0 Å². The fourth-order valence-corrected chi connectivity index (χ4v) is 4.98. The van der Waals surface area contributed by atoms with Crippen molar-refractivity contribution >= 4 is 44.5 Å². The van der Waals surface area contributed by atoms with Crippen molar-refractivity contribution in [2.75, 3.05) is 0 Å². The van der Waals surface area contributed by atoms with Crippen LogP contribution >= 0.6 is 27.5 Å². The SMILES string of the molecule is CCCCc1nc(Cl)c(C(=O)O)n1Cc1ccc2oc(-c3ccccc3-c3nnn[nH]3)c(Br)c2c1. The van der Waals surface area contributed by atoms with Gasteiger partial charge in [0, 0.05) is 29.5 Å². The van der Waals surface area contributed by atoms with Gasteiger partial charge in [0.1, 0.15) is 17.2 Å². The molecule has 3 aromatic heterocycles. The van der Waals surface area contributed by atoms with E-state index in [1.165, 1.54) is 0 Å². The zero-order valence-corrected chi connectivity index (χ0v) is 21.0. The molecule has 11 heteroatoms. The predicted molar refractivity (Wildman–Crippen MR) is 134 cm³/mol. The number of aromatic amines is 1. The number of aryl methyl sites for hydroxylation is 1. The van der Waals surface area contributed by atoms with Crippen LogP contribution in [0.5, 0.6) is 0 Å². The summed E-state index contributed by atoms with van der Waals surface area (Å²) in [4.78, 5) is 16.2. The van der Waals surface area contributed by atoms with Crippen molar-refractivity contribution in [3.8, 4) is 22.7 Å². The third-order valence-electron chi connectivity index (χ3n) is 5.77. The Hall–Kier alpha value is -3.50. The van der Waals surface area contributed by atoms with Crippen LogP contribution in [-0.4, -0.2) is 41.3 Å². The fourth-order valence-electron chi connectivity index (χ4n) is 4.10. The molecular weight excluding hydrogens is 536 g/mol. The van der Waals surface area contributed by atoms with E-state index in [0.717, 1.165) is 39.4 Å². The summed E-state index contributed by atoms with van der Waals surface area (Å²) in [6.07, 6.45) is 2.51. The maximum atomic E-state index is 11.9. The molecule has 35 heavy (non-hydrogen) atoms. The molecule has 0 radical (unpaired) electrons. The van der Waals surface area contributed by atoms with Crippen molar-refractivity contribution < 1.29 is 14.3 Å². The Morgan fingerprint density at radius 2 is 2.03 bits per heavy atom. The minimum absolute atomic E-state index is 0.000547. The van der Waals surface area contributed by atoms with Gasteiger partial charge < -0.3 is 14.1 Å². The average molecular weight is 556 g/mol. The maximum absolute atomic E-state index is 11.9. The monoisotopic (exact) mass is 554 g/mol. The minimum atomic E-state index is -1.10. The second-order valence-corrected chi connectivity index (χ2v) is 9.18. The Morgan fingerprint density at radius 1 is 1.23 bits per heavy atom. The molecule has 0 saturated heterocycles. The Labute approximate surface area is 213 Å². The Morgan fingerprint density at radius 3 is 2.74 bits per heavy atom. The van der Waals surface area contributed by atoms with Crippen molar-refractivity contribution in [3.63, 3.8) is 0 Å². The van der Waals surface area contributed by atoms with Gasteiger partial charge in [-0.15, -0.1) is 5.10 Å². The Balaban J connectivity index is 1.56. The van der Waals surface area contributed by atoms with Gasteiger partial charge in [-0.3, -0.25) is 0 Å². The number of halogens is 2. The predicted octanol–water partition coefficient (Wildman–Crippen LogP) is 5.98. The number of fused-ring (bicyclic) bond motifs is 1. The van der Waals surface area contributed by atoms with E-state index in [-0.39, 0.29) is 10.8 Å². The molecule has 0 bridgehead atoms. The van der Waals surface area contributed by atoms with Crippen LogP contribution in [0.1, 0.15) is 41.6 Å². The minimum Gasteiger partial charge on any atom is -0.476 e. The number of benzene rings is 2. The highest BCUT2D eigenvalue weighted by molar-refractivity contribution is 9.10. The highest BCUT2D eigenvalue weighted by atomic mass is 79.9. The van der Waals surface area contributed by atoms with Crippen LogP contribution in [0.3, 0.4) is 0 Å². The number of aromatic nitrogens is 6. The lowest BCUT2D eigenvalue weighted by Crippen LogP contribution is -2.13. The average Bonchev–Trinajstić information content (AvgIpc) is 3.56. The number of H-pyrrole nitrogens is 1. The molecule has 2 aromatic carbocycles. The Kier molecular flexibility index (Phi) is 6.40. The quantitative estimate of drug-likeness (QED) is 0.241. The van der Waals surface area contributed by atoms with Gasteiger partial charge in [0.05, 0.1) is 4.47 Å². The molecule has 0 amide bonds. The summed E-state index contributed by atoms with van der Waals surface area (Å²) in [6, 6.07) is 13.4. The number of imidazole rings is 1. The van der Waals surface area contributed by atoms with Crippen LogP contribution < -0.4 is 0 Å². The highest BCUT2D eigenvalue weighted by Crippen LogP contribution is 2.41. The number of nitrogens with one attached hydrogen (secondary N) is 1. The maximum Gasteiger partial charge on any atom is 0.355 e. The molecular formula is C24H20BrClN6O3. The molecule has 0 aliphatic rings. The second-order valence-electron chi connectivity index (χ2n) is 8.03. The van der Waals surface area contributed by atoms with E-state index in [2.05, 4.69) is 48.5 Å². The number of carboxylic acid groups (broad SMARTS) is 1. The number of hydrogen-bond acceptors (Lipinski definition) is 6. The van der Waals surface area contributed by atoms with Crippen molar-refractivity contribution in [2.45, 2.75) is 32.7 Å². The largest absolute Gasteiger partial charge is 0.476 e. The first-order chi connectivity index (χ1) is 17.0. The summed E-state index contributed by atoms with van der Waals surface area (Å²) in [6.45, 7) is 2.40. The lowest BCUT2D eigenvalue weighted by molar-refractivity contribution is 0.0685. The smallest absolute Gasteiger partial charge is 0.355 e. The topological polar surface area (TPSA) is 123 Å². The molecule has 0 unspecified atom stereocenters. The highest BCUT2D eigenvalue weighted by Gasteiger charge is 2.23. The van der Waals surface area contributed by atoms with Crippen LogP contribution in [0, 0.1) is 0 Å². The number of carbonyl (C=O) groups is 1. The standard InChI is InChI=1S/C24H20BrClN6O3/c1-2-3-8-18-27-22(26)20(24(33)34)32(18)12-13-9-10-17-16(11-13)19(25)21(35-17)14-6-4-5-7-15(14)23-28-30-31-29-23/h4-7,9-11H,2-3,8,12H2,1H3,(H,33,34)(H,28,29,30,31). The number of hydrogen-bond donors (Lipinski definition) is 2. The van der Waals surface area contributed by atoms with Gasteiger partial charge in [-0.1, -0.05) is 55.3 Å². The number of nitrogens with zero attached hydrogens (tertiary/aromatic N) is 5. The van der Waals surface area contributed by atoms with Crippen LogP contribution in [0.4, 0.5) is 0 Å². The molecule has 0 atom stereocenters. The van der Waals surface area contributed by atoms with Crippen molar-refractivity contribution in [1.29, 1.82) is 0 Å². The molecule has 0 fully saturated rings. The van der Waals surface area contributed by atoms with Crippen LogP contribution in [0.25, 0.3) is 33.7 Å². The molecule has 178 valence electrons. The number of aromatic carboxylic acids is 1. The molecule has 0 saturated carbocycles. The summed E-state index contributed by atoms with van der Waals surface area (Å²) in [5.41, 5.74) is 3.21. The van der Waals surface area contributed by atoms with E-state index in [0.29, 0.717) is 36.0 Å². The summed E-state index contributed by atoms with van der Waals surface area (Å²) in [5.74, 6) is 0.739. The summed E-state index contributed by atoms with van der Waals surface area (Å²) in [5, 5.41) is 24.8. The normalized spacial score (nSPS) is 11.4. The molecule has 2 N–H and O–H groups in total. The third kappa shape index (κ3) is 4.35. The van der Waals surface area contributed by atoms with Crippen LogP contribution in [0.15, 0.2) is 51.4 Å². The molecule has 0 aliphatic heterocycles. The van der Waals surface area contributed by atoms with E-state index in [1.807, 2.05) is 42.5 Å². The third-order valence-corrected chi connectivity index (χ3v) is 6.82. The molecule has 0 spiro atoms. The zero-order valence-electron chi connectivity index (χ0n) is 18.6. The van der Waals surface area contributed by atoms with Crippen LogP contribution in [-0.2, 0) is 13.0 Å². The van der Waals surface area contributed by atoms with Crippen molar-refractivity contribution in [1.82, 2.24) is 30.2 Å². The summed E-state index contributed by atoms with van der Waals surface area (Å²) in [7, 11) is 0. The molecule has 9 nitrogen and oxygen atoms in total. The zero-order chi connectivity index (χ0) is 24.5. The van der Waals surface area contributed by atoms with Gasteiger partial charge in [0.15, 0.2) is 16.7 Å². The number of furan rings is 1. The van der Waals surface area contributed by atoms with Crippen LogP contribution in [0.2, 0.25) is 5.15 Å². The molecule has 3 heterocycles. The lowest BCUT2D eigenvalue weighted by atomic mass is 10.0. The molecule has 5 rings (SSSR count). The van der Waals surface area contributed by atoms with Crippen molar-refractivity contribution in [3.05, 3.63) is 69.2 Å². The first-order valence-electron chi connectivity index (χ1n) is 11.0. The van der Waals surface area contributed by atoms with E-state index in [9.17, 15) is 9.90 Å². The van der Waals surface area contributed by atoms with Gasteiger partial charge >= 0.3 is 5.97 Å². The Bertz CT molecular complexity index is 1530. The second kappa shape index (κ2) is 9.63. The van der Waals surface area contributed by atoms with E-state index in [1.54, 1.807) is 4.57 Å². The summed E-state index contributed by atoms with van der Waals surface area (Å²) < 4.78 is 8.67. The van der Waals surface area contributed by atoms with Gasteiger partial charge in [-0.05, 0) is 50.5 Å².